The number of benzene rings is 2. The van der Waals surface area contributed by atoms with Crippen LogP contribution in [0.1, 0.15) is 27.7 Å². The van der Waals surface area contributed by atoms with E-state index < -0.39 is 15.1 Å². The highest BCUT2D eigenvalue weighted by atomic mass is 35.5. The average molecular weight is 571 g/mol. The summed E-state index contributed by atoms with van der Waals surface area (Å²) in [5.41, 5.74) is 1.74. The number of halogens is 1. The molecule has 0 fully saturated rings. The lowest BCUT2D eigenvalue weighted by Gasteiger charge is -2.16. The Morgan fingerprint density at radius 2 is 1.82 bits per heavy atom. The maximum atomic E-state index is 12.8. The van der Waals surface area contributed by atoms with Crippen molar-refractivity contribution in [3.63, 3.8) is 0 Å². The van der Waals surface area contributed by atoms with Crippen molar-refractivity contribution in [3.05, 3.63) is 53.7 Å². The SMILES string of the molecule is CCN(CC)CC(=O)Nc1n[nH]c2cc(Nc3ncc(Cl)c(Nc4ccccc4S(=O)(=O)C(C)C)n3)ccc12. The van der Waals surface area contributed by atoms with Crippen molar-refractivity contribution in [1.29, 1.82) is 0 Å². The lowest BCUT2D eigenvalue weighted by molar-refractivity contribution is -0.117. The lowest BCUT2D eigenvalue weighted by Crippen LogP contribution is -2.33. The van der Waals surface area contributed by atoms with E-state index in [0.717, 1.165) is 18.5 Å². The van der Waals surface area contributed by atoms with Crippen LogP contribution in [0.15, 0.2) is 53.6 Å². The molecule has 4 N–H and O–H groups in total. The number of rotatable bonds is 11. The molecule has 0 aliphatic heterocycles. The molecule has 0 bridgehead atoms. The first-order chi connectivity index (χ1) is 18.6. The molecule has 206 valence electrons. The van der Waals surface area contributed by atoms with Gasteiger partial charge in [-0.25, -0.2) is 13.4 Å². The van der Waals surface area contributed by atoms with Gasteiger partial charge in [-0.2, -0.15) is 10.1 Å². The third kappa shape index (κ3) is 6.47. The zero-order valence-electron chi connectivity index (χ0n) is 22.1. The number of hydrogen-bond acceptors (Lipinski definition) is 9. The molecule has 11 nitrogen and oxygen atoms in total. The van der Waals surface area contributed by atoms with Gasteiger partial charge >= 0.3 is 0 Å². The molecule has 0 saturated heterocycles. The van der Waals surface area contributed by atoms with Gasteiger partial charge in [-0.15, -0.1) is 0 Å². The molecule has 4 rings (SSSR count). The molecule has 2 aromatic heterocycles. The van der Waals surface area contributed by atoms with Crippen LogP contribution in [0.2, 0.25) is 5.02 Å². The number of aromatic amines is 1. The van der Waals surface area contributed by atoms with Crippen LogP contribution in [0.25, 0.3) is 10.9 Å². The fourth-order valence-corrected chi connectivity index (χ4v) is 5.20. The number of para-hydroxylation sites is 1. The summed E-state index contributed by atoms with van der Waals surface area (Å²) in [7, 11) is -3.54. The van der Waals surface area contributed by atoms with Crippen molar-refractivity contribution >= 4 is 67.2 Å². The van der Waals surface area contributed by atoms with E-state index in [4.69, 9.17) is 11.6 Å². The van der Waals surface area contributed by atoms with Gasteiger partial charge in [0.1, 0.15) is 5.02 Å². The van der Waals surface area contributed by atoms with Gasteiger partial charge in [0.05, 0.1) is 34.1 Å². The second-order valence-corrected chi connectivity index (χ2v) is 12.0. The summed E-state index contributed by atoms with van der Waals surface area (Å²) < 4.78 is 25.7. The number of nitrogens with one attached hydrogen (secondary N) is 4. The fraction of sp³-hybridized carbons (Fsp3) is 0.308. The van der Waals surface area contributed by atoms with Crippen LogP contribution in [-0.4, -0.2) is 64.3 Å². The third-order valence-corrected chi connectivity index (χ3v) is 8.64. The molecule has 0 saturated carbocycles. The molecule has 0 unspecified atom stereocenters. The van der Waals surface area contributed by atoms with Crippen LogP contribution in [0.3, 0.4) is 0 Å². The number of fused-ring (bicyclic) bond motifs is 1. The van der Waals surface area contributed by atoms with Crippen LogP contribution >= 0.6 is 11.6 Å². The molecular formula is C26H31ClN8O3S. The minimum atomic E-state index is -3.54. The molecule has 39 heavy (non-hydrogen) atoms. The molecule has 2 heterocycles. The van der Waals surface area contributed by atoms with Crippen molar-refractivity contribution in [1.82, 2.24) is 25.1 Å². The molecule has 4 aromatic rings. The largest absolute Gasteiger partial charge is 0.338 e. The summed E-state index contributed by atoms with van der Waals surface area (Å²) in [4.78, 5) is 23.3. The van der Waals surface area contributed by atoms with Crippen molar-refractivity contribution in [2.45, 2.75) is 37.8 Å². The summed E-state index contributed by atoms with van der Waals surface area (Å²) >= 11 is 6.34. The lowest BCUT2D eigenvalue weighted by atomic mass is 10.2. The Morgan fingerprint density at radius 3 is 2.54 bits per heavy atom. The quantitative estimate of drug-likeness (QED) is 0.196. The van der Waals surface area contributed by atoms with Crippen molar-refractivity contribution in [2.75, 3.05) is 35.6 Å². The Hall–Kier alpha value is -3.74. The highest BCUT2D eigenvalue weighted by Crippen LogP contribution is 2.31. The Morgan fingerprint density at radius 1 is 1.08 bits per heavy atom. The number of likely N-dealkylation sites (N-methyl/N-ethyl adjacent to an activating group) is 1. The highest BCUT2D eigenvalue weighted by molar-refractivity contribution is 7.92. The summed E-state index contributed by atoms with van der Waals surface area (Å²) in [5.74, 6) is 0.823. The van der Waals surface area contributed by atoms with Crippen molar-refractivity contribution < 1.29 is 13.2 Å². The number of nitrogens with zero attached hydrogens (tertiary/aromatic N) is 4. The van der Waals surface area contributed by atoms with Gasteiger partial charge in [0.15, 0.2) is 21.5 Å². The number of carbonyl (C=O) groups excluding carboxylic acids is 1. The molecule has 2 aromatic carbocycles. The Balaban J connectivity index is 1.53. The maximum Gasteiger partial charge on any atom is 0.239 e. The third-order valence-electron chi connectivity index (χ3n) is 6.15. The molecule has 1 amide bonds. The second kappa shape index (κ2) is 12.0. The normalized spacial score (nSPS) is 11.8. The number of amides is 1. The number of anilines is 5. The molecule has 0 aliphatic rings. The molecule has 0 aliphatic carbocycles. The minimum absolute atomic E-state index is 0.133. The summed E-state index contributed by atoms with van der Waals surface area (Å²) in [6.45, 7) is 9.14. The standard InChI is InChI=1S/C26H31ClN8O3S/c1-5-35(6-2)15-23(36)31-24-18-12-11-17(13-21(18)33-34-24)29-26-28-14-19(27)25(32-26)30-20-9-7-8-10-22(20)39(37,38)16(3)4/h7-14,16H,5-6,15H2,1-4H3,(H2,28,29,30,32)(H2,31,33,34,36). The molecule has 0 radical (unpaired) electrons. The maximum absolute atomic E-state index is 12.8. The van der Waals surface area contributed by atoms with Gasteiger partial charge < -0.3 is 16.0 Å². The van der Waals surface area contributed by atoms with E-state index >= 15 is 0 Å². The van der Waals surface area contributed by atoms with E-state index in [9.17, 15) is 13.2 Å². The van der Waals surface area contributed by atoms with E-state index in [2.05, 4.69) is 36.1 Å². The monoisotopic (exact) mass is 570 g/mol. The number of H-pyrrole nitrogens is 1. The van der Waals surface area contributed by atoms with Gasteiger partial charge in [0.2, 0.25) is 11.9 Å². The first kappa shape index (κ1) is 28.3. The van der Waals surface area contributed by atoms with Gasteiger partial charge in [-0.1, -0.05) is 37.6 Å². The van der Waals surface area contributed by atoms with Gasteiger partial charge in [-0.05, 0) is 57.3 Å². The van der Waals surface area contributed by atoms with Crippen LogP contribution in [-0.2, 0) is 14.6 Å². The predicted molar refractivity (Wildman–Crippen MR) is 155 cm³/mol. The Labute approximate surface area is 232 Å². The molecule has 0 spiro atoms. The molecule has 13 heteroatoms. The molecule has 0 atom stereocenters. The first-order valence-electron chi connectivity index (χ1n) is 12.5. The van der Waals surface area contributed by atoms with Crippen LogP contribution in [0, 0.1) is 0 Å². The summed E-state index contributed by atoms with van der Waals surface area (Å²) in [5, 5.41) is 16.6. The summed E-state index contributed by atoms with van der Waals surface area (Å²) in [6, 6.07) is 12.1. The van der Waals surface area contributed by atoms with Crippen LogP contribution < -0.4 is 16.0 Å². The zero-order valence-corrected chi connectivity index (χ0v) is 23.7. The van der Waals surface area contributed by atoms with Gasteiger partial charge in [0, 0.05) is 11.1 Å². The van der Waals surface area contributed by atoms with E-state index in [0.29, 0.717) is 29.3 Å². The van der Waals surface area contributed by atoms with E-state index in [1.165, 1.54) is 6.20 Å². The topological polar surface area (TPSA) is 145 Å². The zero-order chi connectivity index (χ0) is 28.2. The summed E-state index contributed by atoms with van der Waals surface area (Å²) in [6.07, 6.45) is 1.43. The van der Waals surface area contributed by atoms with E-state index in [-0.39, 0.29) is 27.6 Å². The van der Waals surface area contributed by atoms with Gasteiger partial charge in [0.25, 0.3) is 0 Å². The van der Waals surface area contributed by atoms with E-state index in [1.807, 2.05) is 36.9 Å². The number of sulfone groups is 1. The van der Waals surface area contributed by atoms with Crippen LogP contribution in [0.5, 0.6) is 0 Å². The fourth-order valence-electron chi connectivity index (χ4n) is 3.86. The first-order valence-corrected chi connectivity index (χ1v) is 14.4. The Bertz CT molecular complexity index is 1590. The smallest absolute Gasteiger partial charge is 0.239 e. The second-order valence-electron chi connectivity index (χ2n) is 9.07. The molecular weight excluding hydrogens is 540 g/mol. The highest BCUT2D eigenvalue weighted by Gasteiger charge is 2.23. The van der Waals surface area contributed by atoms with E-state index in [1.54, 1.807) is 38.1 Å². The van der Waals surface area contributed by atoms with Crippen LogP contribution in [0.4, 0.5) is 29.0 Å². The number of carbonyl (C=O) groups is 1. The average Bonchev–Trinajstić information content (AvgIpc) is 3.30. The Kier molecular flexibility index (Phi) is 8.68. The van der Waals surface area contributed by atoms with Crippen molar-refractivity contribution in [2.24, 2.45) is 0 Å². The van der Waals surface area contributed by atoms with Crippen molar-refractivity contribution in [3.8, 4) is 0 Å². The number of hydrogen-bond donors (Lipinski definition) is 4. The number of aromatic nitrogens is 4. The minimum Gasteiger partial charge on any atom is -0.338 e. The predicted octanol–water partition coefficient (Wildman–Crippen LogP) is 4.96. The van der Waals surface area contributed by atoms with Gasteiger partial charge in [-0.3, -0.25) is 14.8 Å².